The van der Waals surface area contributed by atoms with Gasteiger partial charge in [0, 0.05) is 10.6 Å². The van der Waals surface area contributed by atoms with E-state index >= 15 is 0 Å². The molecule has 1 aromatic carbocycles. The SMILES string of the molecule is CCOC(=O)C1=C(N)Oc2c(Cl)cc(Cl)cc2[C@@H]1[C@H](C#N)C(=O)OCC. The van der Waals surface area contributed by atoms with E-state index in [1.807, 2.05) is 6.07 Å². The summed E-state index contributed by atoms with van der Waals surface area (Å²) in [7, 11) is 0. The van der Waals surface area contributed by atoms with Gasteiger partial charge in [-0.2, -0.15) is 5.26 Å². The molecule has 0 fully saturated rings. The first kappa shape index (κ1) is 19.9. The summed E-state index contributed by atoms with van der Waals surface area (Å²) in [6.07, 6.45) is 0. The van der Waals surface area contributed by atoms with Crippen molar-refractivity contribution in [2.45, 2.75) is 19.8 Å². The maximum atomic E-state index is 12.4. The van der Waals surface area contributed by atoms with Crippen LogP contribution >= 0.6 is 23.2 Å². The molecule has 0 saturated carbocycles. The fourth-order valence-electron chi connectivity index (χ4n) is 2.67. The maximum absolute atomic E-state index is 12.4. The second kappa shape index (κ2) is 8.30. The number of hydrogen-bond donors (Lipinski definition) is 1. The molecule has 1 aliphatic rings. The fourth-order valence-corrected chi connectivity index (χ4v) is 3.22. The Kier molecular flexibility index (Phi) is 6.35. The molecule has 0 radical (unpaired) electrons. The summed E-state index contributed by atoms with van der Waals surface area (Å²) >= 11 is 12.2. The van der Waals surface area contributed by atoms with Crippen LogP contribution in [0.1, 0.15) is 25.3 Å². The number of esters is 2. The van der Waals surface area contributed by atoms with Crippen LogP contribution in [0, 0.1) is 17.2 Å². The lowest BCUT2D eigenvalue weighted by atomic mass is 9.79. The number of nitriles is 1. The Morgan fingerprint density at radius 3 is 2.54 bits per heavy atom. The standard InChI is InChI=1S/C17H16Cl2N2O5/c1-3-24-16(22)10(7-20)12-9-5-8(18)6-11(19)14(9)26-15(21)13(12)17(23)25-4-2/h5-6,10,12H,3-4,21H2,1-2H3/t10-,12+/m0/s1. The number of rotatable bonds is 5. The van der Waals surface area contributed by atoms with Crippen molar-refractivity contribution in [2.24, 2.45) is 11.7 Å². The molecule has 0 aromatic heterocycles. The van der Waals surface area contributed by atoms with Crippen LogP contribution in [0.3, 0.4) is 0 Å². The van der Waals surface area contributed by atoms with Crippen LogP contribution in [-0.2, 0) is 19.1 Å². The molecule has 2 N–H and O–H groups in total. The van der Waals surface area contributed by atoms with Crippen LogP contribution in [0.2, 0.25) is 10.0 Å². The molecule has 2 rings (SSSR count). The van der Waals surface area contributed by atoms with Crippen molar-refractivity contribution in [3.05, 3.63) is 39.2 Å². The second-order valence-electron chi connectivity index (χ2n) is 5.24. The summed E-state index contributed by atoms with van der Waals surface area (Å²) in [5, 5.41) is 9.95. The molecule has 1 aromatic rings. The smallest absolute Gasteiger partial charge is 0.340 e. The zero-order chi connectivity index (χ0) is 19.4. The van der Waals surface area contributed by atoms with Gasteiger partial charge < -0.3 is 19.9 Å². The summed E-state index contributed by atoms with van der Waals surface area (Å²) in [4.78, 5) is 24.8. The molecular weight excluding hydrogens is 383 g/mol. The zero-order valence-electron chi connectivity index (χ0n) is 14.0. The highest BCUT2D eigenvalue weighted by Gasteiger charge is 2.44. The molecule has 9 heteroatoms. The Labute approximate surface area is 160 Å². The number of nitrogens with two attached hydrogens (primary N) is 1. The zero-order valence-corrected chi connectivity index (χ0v) is 15.6. The number of carbonyl (C=O) groups excluding carboxylic acids is 2. The topological polar surface area (TPSA) is 112 Å². The van der Waals surface area contributed by atoms with Crippen LogP contribution in [-0.4, -0.2) is 25.2 Å². The summed E-state index contributed by atoms with van der Waals surface area (Å²) < 4.78 is 15.4. The number of carbonyl (C=O) groups is 2. The summed E-state index contributed by atoms with van der Waals surface area (Å²) in [5.74, 6) is -4.26. The lowest BCUT2D eigenvalue weighted by Gasteiger charge is -2.30. The third-order valence-electron chi connectivity index (χ3n) is 3.67. The molecule has 0 unspecified atom stereocenters. The predicted octanol–water partition coefficient (Wildman–Crippen LogP) is 2.91. The molecule has 1 heterocycles. The Balaban J connectivity index is 2.70. The first-order chi connectivity index (χ1) is 12.3. The Bertz CT molecular complexity index is 816. The Morgan fingerprint density at radius 1 is 1.31 bits per heavy atom. The molecule has 0 bridgehead atoms. The number of fused-ring (bicyclic) bond motifs is 1. The molecule has 0 spiro atoms. The summed E-state index contributed by atoms with van der Waals surface area (Å²) in [6.45, 7) is 3.36. The highest BCUT2D eigenvalue weighted by atomic mass is 35.5. The molecular formula is C17H16Cl2N2O5. The van der Waals surface area contributed by atoms with E-state index in [1.54, 1.807) is 13.8 Å². The largest absolute Gasteiger partial charge is 0.465 e. The fraction of sp³-hybridized carbons (Fsp3) is 0.353. The van der Waals surface area contributed by atoms with Gasteiger partial charge >= 0.3 is 11.9 Å². The second-order valence-corrected chi connectivity index (χ2v) is 6.09. The van der Waals surface area contributed by atoms with Gasteiger partial charge in [-0.15, -0.1) is 0 Å². The van der Waals surface area contributed by atoms with E-state index in [-0.39, 0.29) is 46.0 Å². The molecule has 1 aliphatic heterocycles. The third-order valence-corrected chi connectivity index (χ3v) is 4.17. The van der Waals surface area contributed by atoms with E-state index in [0.29, 0.717) is 0 Å². The number of hydrogen-bond acceptors (Lipinski definition) is 7. The van der Waals surface area contributed by atoms with E-state index in [4.69, 9.17) is 43.1 Å². The van der Waals surface area contributed by atoms with E-state index in [0.717, 1.165) is 0 Å². The van der Waals surface area contributed by atoms with Gasteiger partial charge in [0.1, 0.15) is 5.57 Å². The quantitative estimate of drug-likeness (QED) is 0.758. The van der Waals surface area contributed by atoms with Crippen molar-refractivity contribution in [1.82, 2.24) is 0 Å². The lowest BCUT2D eigenvalue weighted by Crippen LogP contribution is -2.34. The summed E-state index contributed by atoms with van der Waals surface area (Å²) in [6, 6.07) is 4.75. The number of benzene rings is 1. The van der Waals surface area contributed by atoms with E-state index < -0.39 is 23.8 Å². The highest BCUT2D eigenvalue weighted by molar-refractivity contribution is 6.35. The molecule has 26 heavy (non-hydrogen) atoms. The minimum Gasteiger partial charge on any atom is -0.465 e. The van der Waals surface area contributed by atoms with Crippen molar-refractivity contribution in [3.8, 4) is 11.8 Å². The van der Waals surface area contributed by atoms with E-state index in [2.05, 4.69) is 0 Å². The number of ether oxygens (including phenoxy) is 3. The minimum atomic E-state index is -1.37. The third kappa shape index (κ3) is 3.71. The maximum Gasteiger partial charge on any atom is 0.340 e. The van der Waals surface area contributed by atoms with Crippen LogP contribution in [0.4, 0.5) is 0 Å². The van der Waals surface area contributed by atoms with Crippen LogP contribution in [0.15, 0.2) is 23.6 Å². The van der Waals surface area contributed by atoms with Crippen molar-refractivity contribution < 1.29 is 23.8 Å². The minimum absolute atomic E-state index is 0.0668. The molecule has 138 valence electrons. The molecule has 0 amide bonds. The predicted molar refractivity (Wildman–Crippen MR) is 93.4 cm³/mol. The summed E-state index contributed by atoms with van der Waals surface area (Å²) in [5.41, 5.74) is 6.01. The molecule has 0 saturated heterocycles. The molecule has 2 atom stereocenters. The van der Waals surface area contributed by atoms with Gasteiger partial charge in [-0.25, -0.2) is 4.79 Å². The van der Waals surface area contributed by atoms with Gasteiger partial charge in [0.15, 0.2) is 11.7 Å². The van der Waals surface area contributed by atoms with Crippen molar-refractivity contribution in [2.75, 3.05) is 13.2 Å². The first-order valence-electron chi connectivity index (χ1n) is 7.75. The molecule has 7 nitrogen and oxygen atoms in total. The van der Waals surface area contributed by atoms with E-state index in [9.17, 15) is 14.9 Å². The Hall–Kier alpha value is -2.43. The average Bonchev–Trinajstić information content (AvgIpc) is 2.56. The monoisotopic (exact) mass is 398 g/mol. The van der Waals surface area contributed by atoms with Gasteiger partial charge in [-0.05, 0) is 26.0 Å². The number of nitrogens with zero attached hydrogens (tertiary/aromatic N) is 1. The van der Waals surface area contributed by atoms with Crippen molar-refractivity contribution >= 4 is 35.1 Å². The van der Waals surface area contributed by atoms with Gasteiger partial charge in [-0.1, -0.05) is 23.2 Å². The van der Waals surface area contributed by atoms with Crippen molar-refractivity contribution in [1.29, 1.82) is 5.26 Å². The van der Waals surface area contributed by atoms with Crippen LogP contribution in [0.5, 0.6) is 5.75 Å². The van der Waals surface area contributed by atoms with Crippen LogP contribution in [0.25, 0.3) is 0 Å². The van der Waals surface area contributed by atoms with Crippen molar-refractivity contribution in [3.63, 3.8) is 0 Å². The highest BCUT2D eigenvalue weighted by Crippen LogP contribution is 2.47. The van der Waals surface area contributed by atoms with Crippen LogP contribution < -0.4 is 10.5 Å². The van der Waals surface area contributed by atoms with E-state index in [1.165, 1.54) is 12.1 Å². The Morgan fingerprint density at radius 2 is 1.96 bits per heavy atom. The first-order valence-corrected chi connectivity index (χ1v) is 8.51. The lowest BCUT2D eigenvalue weighted by molar-refractivity contribution is -0.146. The number of halogens is 2. The molecule has 0 aliphatic carbocycles. The van der Waals surface area contributed by atoms with Gasteiger partial charge in [0.2, 0.25) is 5.88 Å². The normalized spacial score (nSPS) is 16.8. The average molecular weight is 399 g/mol. The van der Waals surface area contributed by atoms with Gasteiger partial charge in [0.05, 0.1) is 30.2 Å². The van der Waals surface area contributed by atoms with Gasteiger partial charge in [-0.3, -0.25) is 4.79 Å². The van der Waals surface area contributed by atoms with Gasteiger partial charge in [0.25, 0.3) is 0 Å².